The smallest absolute Gasteiger partial charge is 0.365 e. The van der Waals surface area contributed by atoms with Crippen molar-refractivity contribution in [1.82, 2.24) is 4.90 Å². The Morgan fingerprint density at radius 3 is 2.32 bits per heavy atom. The molecule has 2 fully saturated rings. The van der Waals surface area contributed by atoms with Crippen LogP contribution in [0.3, 0.4) is 0 Å². The highest BCUT2D eigenvalue weighted by Crippen LogP contribution is 2.50. The summed E-state index contributed by atoms with van der Waals surface area (Å²) in [7, 11) is 0. The van der Waals surface area contributed by atoms with Gasteiger partial charge in [0.15, 0.2) is 0 Å². The van der Waals surface area contributed by atoms with Crippen LogP contribution in [0.4, 0.5) is 17.6 Å². The van der Waals surface area contributed by atoms with Crippen LogP contribution in [0.1, 0.15) is 18.4 Å². The summed E-state index contributed by atoms with van der Waals surface area (Å²) in [5.41, 5.74) is 0.140. The van der Waals surface area contributed by atoms with Crippen molar-refractivity contribution in [2.24, 2.45) is 0 Å². The van der Waals surface area contributed by atoms with Crippen LogP contribution in [-0.4, -0.2) is 42.8 Å². The Balaban J connectivity index is 1.56. The third kappa shape index (κ3) is 2.95. The molecule has 0 aromatic heterocycles. The molecule has 3 nitrogen and oxygen atoms in total. The van der Waals surface area contributed by atoms with Gasteiger partial charge >= 0.3 is 6.18 Å². The summed E-state index contributed by atoms with van der Waals surface area (Å²) in [5, 5.41) is 0. The molecule has 1 saturated heterocycles. The fraction of sp³-hybridized carbons (Fsp3) is 0.533. The van der Waals surface area contributed by atoms with E-state index < -0.39 is 24.3 Å². The Morgan fingerprint density at radius 1 is 1.23 bits per heavy atom. The molecule has 120 valence electrons. The number of amides is 1. The Kier molecular flexibility index (Phi) is 3.63. The van der Waals surface area contributed by atoms with Gasteiger partial charge in [-0.25, -0.2) is 4.39 Å². The molecule has 1 aliphatic carbocycles. The van der Waals surface area contributed by atoms with Gasteiger partial charge in [-0.2, -0.15) is 13.2 Å². The summed E-state index contributed by atoms with van der Waals surface area (Å²) in [5.74, 6) is -0.470. The van der Waals surface area contributed by atoms with E-state index in [1.165, 1.54) is 17.0 Å². The lowest BCUT2D eigenvalue weighted by atomic mass is 9.92. The van der Waals surface area contributed by atoms with Crippen LogP contribution in [0.2, 0.25) is 0 Å². The molecule has 1 heterocycles. The van der Waals surface area contributed by atoms with E-state index >= 15 is 0 Å². The second-order valence-electron chi connectivity index (χ2n) is 5.85. The van der Waals surface area contributed by atoms with Crippen LogP contribution in [0.5, 0.6) is 0 Å². The van der Waals surface area contributed by atoms with Crippen molar-refractivity contribution in [2.75, 3.05) is 19.7 Å². The fourth-order valence-electron chi connectivity index (χ4n) is 2.74. The maximum Gasteiger partial charge on any atom is 0.411 e. The van der Waals surface area contributed by atoms with Gasteiger partial charge in [-0.15, -0.1) is 0 Å². The summed E-state index contributed by atoms with van der Waals surface area (Å²) in [6, 6.07) is 5.82. The monoisotopic (exact) mass is 317 g/mol. The highest BCUT2D eigenvalue weighted by atomic mass is 19.4. The number of ether oxygens (including phenoxy) is 1. The molecule has 0 spiro atoms. The normalized spacial score (nSPS) is 20.6. The van der Waals surface area contributed by atoms with Crippen LogP contribution >= 0.6 is 0 Å². The van der Waals surface area contributed by atoms with Crippen molar-refractivity contribution in [3.05, 3.63) is 35.6 Å². The van der Waals surface area contributed by atoms with Crippen molar-refractivity contribution in [3.63, 3.8) is 0 Å². The minimum Gasteiger partial charge on any atom is -0.365 e. The molecular weight excluding hydrogens is 302 g/mol. The van der Waals surface area contributed by atoms with Crippen LogP contribution in [-0.2, 0) is 14.9 Å². The lowest BCUT2D eigenvalue weighted by Gasteiger charge is -2.41. The highest BCUT2D eigenvalue weighted by Gasteiger charge is 2.54. The zero-order valence-corrected chi connectivity index (χ0v) is 11.7. The summed E-state index contributed by atoms with van der Waals surface area (Å²) in [6.07, 6.45) is -3.55. The van der Waals surface area contributed by atoms with Gasteiger partial charge in [0.05, 0.1) is 11.5 Å². The molecule has 22 heavy (non-hydrogen) atoms. The van der Waals surface area contributed by atoms with E-state index in [4.69, 9.17) is 4.74 Å². The van der Waals surface area contributed by atoms with Crippen LogP contribution in [0.15, 0.2) is 24.3 Å². The molecule has 7 heteroatoms. The predicted octanol–water partition coefficient (Wildman–Crippen LogP) is 2.65. The molecule has 3 rings (SSSR count). The topological polar surface area (TPSA) is 29.5 Å². The lowest BCUT2D eigenvalue weighted by Crippen LogP contribution is -2.58. The summed E-state index contributed by atoms with van der Waals surface area (Å²) < 4.78 is 53.8. The van der Waals surface area contributed by atoms with Gasteiger partial charge in [0, 0.05) is 13.1 Å². The largest absolute Gasteiger partial charge is 0.411 e. The van der Waals surface area contributed by atoms with Crippen molar-refractivity contribution >= 4 is 5.91 Å². The van der Waals surface area contributed by atoms with Crippen molar-refractivity contribution in [3.8, 4) is 0 Å². The Hall–Kier alpha value is -1.63. The SMILES string of the molecule is O=C(N1CC(OCC(F)(F)F)C1)C1(c2ccc(F)cc2)CC1. The van der Waals surface area contributed by atoms with E-state index in [1.807, 2.05) is 0 Å². The predicted molar refractivity (Wildman–Crippen MR) is 69.7 cm³/mol. The lowest BCUT2D eigenvalue weighted by molar-refractivity contribution is -0.200. The number of nitrogens with zero attached hydrogens (tertiary/aromatic N) is 1. The first-order valence-corrected chi connectivity index (χ1v) is 7.04. The first-order chi connectivity index (χ1) is 10.3. The van der Waals surface area contributed by atoms with Crippen molar-refractivity contribution < 1.29 is 27.1 Å². The average Bonchev–Trinajstić information content (AvgIpc) is 3.17. The van der Waals surface area contributed by atoms with Crippen molar-refractivity contribution in [1.29, 1.82) is 0 Å². The van der Waals surface area contributed by atoms with E-state index in [1.54, 1.807) is 12.1 Å². The van der Waals surface area contributed by atoms with Crippen LogP contribution in [0, 0.1) is 5.82 Å². The van der Waals surface area contributed by atoms with Gasteiger partial charge in [0.2, 0.25) is 5.91 Å². The molecule has 1 aromatic rings. The number of halogens is 4. The third-order valence-corrected chi connectivity index (χ3v) is 4.17. The maximum atomic E-state index is 13.0. The number of likely N-dealkylation sites (tertiary alicyclic amines) is 1. The third-order valence-electron chi connectivity index (χ3n) is 4.17. The van der Waals surface area contributed by atoms with Crippen LogP contribution in [0.25, 0.3) is 0 Å². The van der Waals surface area contributed by atoms with E-state index in [-0.39, 0.29) is 24.8 Å². The standard InChI is InChI=1S/C15H15F4NO2/c16-11-3-1-10(2-4-11)14(5-6-14)13(21)20-7-12(8-20)22-9-15(17,18)19/h1-4,12H,5-9H2. The van der Waals surface area contributed by atoms with Crippen molar-refractivity contribution in [2.45, 2.75) is 30.5 Å². The van der Waals surface area contributed by atoms with Crippen LogP contribution < -0.4 is 0 Å². The Labute approximate surface area is 124 Å². The Bertz CT molecular complexity index is 560. The number of hydrogen-bond donors (Lipinski definition) is 0. The van der Waals surface area contributed by atoms with Gasteiger partial charge in [-0.05, 0) is 30.5 Å². The average molecular weight is 317 g/mol. The van der Waals surface area contributed by atoms with Gasteiger partial charge < -0.3 is 9.64 Å². The zero-order valence-electron chi connectivity index (χ0n) is 11.7. The Morgan fingerprint density at radius 2 is 1.82 bits per heavy atom. The maximum absolute atomic E-state index is 13.0. The van der Waals surface area contributed by atoms with E-state index in [0.29, 0.717) is 12.8 Å². The van der Waals surface area contributed by atoms with Gasteiger partial charge in [0.25, 0.3) is 0 Å². The minimum absolute atomic E-state index is 0.106. The second kappa shape index (κ2) is 5.22. The molecule has 0 N–H and O–H groups in total. The molecule has 1 aliphatic heterocycles. The number of rotatable bonds is 4. The van der Waals surface area contributed by atoms with Gasteiger partial charge in [-0.1, -0.05) is 12.1 Å². The number of alkyl halides is 3. The number of hydrogen-bond acceptors (Lipinski definition) is 2. The molecule has 0 atom stereocenters. The molecular formula is C15H15F4NO2. The van der Waals surface area contributed by atoms with E-state index in [9.17, 15) is 22.4 Å². The summed E-state index contributed by atoms with van der Waals surface area (Å²) in [6.45, 7) is -0.932. The fourth-order valence-corrected chi connectivity index (χ4v) is 2.74. The van der Waals surface area contributed by atoms with Gasteiger partial charge in [0.1, 0.15) is 12.4 Å². The van der Waals surface area contributed by atoms with Gasteiger partial charge in [-0.3, -0.25) is 4.79 Å². The first kappa shape index (κ1) is 15.3. The number of carbonyl (C=O) groups is 1. The quantitative estimate of drug-likeness (QED) is 0.799. The molecule has 1 saturated carbocycles. The molecule has 0 unspecified atom stereocenters. The minimum atomic E-state index is -4.35. The molecule has 2 aliphatic rings. The van der Waals surface area contributed by atoms with E-state index in [2.05, 4.69) is 0 Å². The molecule has 1 amide bonds. The highest BCUT2D eigenvalue weighted by molar-refractivity contribution is 5.91. The molecule has 1 aromatic carbocycles. The zero-order chi connectivity index (χ0) is 16.0. The molecule has 0 radical (unpaired) electrons. The number of benzene rings is 1. The van der Waals surface area contributed by atoms with E-state index in [0.717, 1.165) is 5.56 Å². The first-order valence-electron chi connectivity index (χ1n) is 7.04. The number of carbonyl (C=O) groups excluding carboxylic acids is 1. The summed E-state index contributed by atoms with van der Waals surface area (Å²) in [4.78, 5) is 14.0. The molecule has 0 bridgehead atoms. The second-order valence-corrected chi connectivity index (χ2v) is 5.85. The summed E-state index contributed by atoms with van der Waals surface area (Å²) >= 11 is 0.